The molecule has 0 spiro atoms. The predicted molar refractivity (Wildman–Crippen MR) is 103 cm³/mol. The minimum absolute atomic E-state index is 0.115. The van der Waals surface area contributed by atoms with E-state index in [-0.39, 0.29) is 6.42 Å². The number of H-pyrrole nitrogens is 1. The van der Waals surface area contributed by atoms with Gasteiger partial charge in [-0.3, -0.25) is 23.4 Å². The van der Waals surface area contributed by atoms with Gasteiger partial charge in [-0.25, -0.2) is 9.36 Å². The highest BCUT2D eigenvalue weighted by Gasteiger charge is 2.44. The number of nitrogens with two attached hydrogens (primary N) is 1. The normalized spacial score (nSPS) is 25.6. The molecule has 1 aromatic rings. The zero-order chi connectivity index (χ0) is 21.5. The summed E-state index contributed by atoms with van der Waals surface area (Å²) in [6.07, 6.45) is -0.429. The van der Waals surface area contributed by atoms with Crippen molar-refractivity contribution in [3.63, 3.8) is 0 Å². The summed E-state index contributed by atoms with van der Waals surface area (Å²) in [6, 6.07) is 0. The Morgan fingerprint density at radius 1 is 1.36 bits per heavy atom. The molecular formula is C17H30N3O7P. The fourth-order valence-corrected chi connectivity index (χ4v) is 4.32. The van der Waals surface area contributed by atoms with Gasteiger partial charge in [-0.1, -0.05) is 0 Å². The number of phosphoric ester groups is 1. The molecule has 28 heavy (non-hydrogen) atoms. The van der Waals surface area contributed by atoms with Crippen LogP contribution in [0.2, 0.25) is 0 Å². The minimum Gasteiger partial charge on any atom is -0.352 e. The molecule has 2 rings (SSSR count). The molecule has 0 amide bonds. The van der Waals surface area contributed by atoms with Crippen LogP contribution < -0.4 is 17.0 Å². The average molecular weight is 419 g/mol. The summed E-state index contributed by atoms with van der Waals surface area (Å²) in [5, 5.41) is 0. The largest absolute Gasteiger partial charge is 0.473 e. The van der Waals surface area contributed by atoms with Gasteiger partial charge in [-0.15, -0.1) is 0 Å². The van der Waals surface area contributed by atoms with E-state index < -0.39 is 48.6 Å². The van der Waals surface area contributed by atoms with Crippen LogP contribution in [0.5, 0.6) is 0 Å². The monoisotopic (exact) mass is 419 g/mol. The first kappa shape index (κ1) is 23.0. The smallest absolute Gasteiger partial charge is 0.352 e. The van der Waals surface area contributed by atoms with E-state index in [0.29, 0.717) is 12.0 Å². The van der Waals surface area contributed by atoms with Gasteiger partial charge in [0.15, 0.2) is 0 Å². The van der Waals surface area contributed by atoms with Gasteiger partial charge in [0.25, 0.3) is 5.56 Å². The highest BCUT2D eigenvalue weighted by atomic mass is 31.2. The van der Waals surface area contributed by atoms with Crippen molar-refractivity contribution in [2.45, 2.75) is 84.0 Å². The Morgan fingerprint density at radius 3 is 2.50 bits per heavy atom. The van der Waals surface area contributed by atoms with Gasteiger partial charge in [0.2, 0.25) is 0 Å². The number of hydrogen-bond acceptors (Lipinski definition) is 7. The highest BCUT2D eigenvalue weighted by Crippen LogP contribution is 2.51. The molecule has 10 nitrogen and oxygen atoms in total. The molecule has 1 saturated heterocycles. The molecular weight excluding hydrogens is 389 g/mol. The molecule has 160 valence electrons. The number of nitrogens with one attached hydrogen (secondary N) is 1. The molecule has 0 radical (unpaired) electrons. The van der Waals surface area contributed by atoms with E-state index in [9.17, 15) is 19.0 Å². The molecule has 4 atom stereocenters. The Hall–Kier alpha value is -1.29. The van der Waals surface area contributed by atoms with Crippen molar-refractivity contribution in [1.82, 2.24) is 9.55 Å². The summed E-state index contributed by atoms with van der Waals surface area (Å²) in [7, 11) is -4.38. The highest BCUT2D eigenvalue weighted by molar-refractivity contribution is 7.47. The van der Waals surface area contributed by atoms with E-state index >= 15 is 0 Å². The molecule has 1 aromatic heterocycles. The first-order valence-electron chi connectivity index (χ1n) is 9.05. The third kappa shape index (κ3) is 6.37. The maximum Gasteiger partial charge on any atom is 0.473 e. The van der Waals surface area contributed by atoms with Gasteiger partial charge in [0, 0.05) is 23.7 Å². The molecule has 0 bridgehead atoms. The fourth-order valence-electron chi connectivity index (χ4n) is 3.02. The van der Waals surface area contributed by atoms with Crippen LogP contribution in [0.25, 0.3) is 0 Å². The Bertz CT molecular complexity index is 865. The first-order valence-corrected chi connectivity index (χ1v) is 10.5. The number of hydrogen-bond donors (Lipinski definition) is 3. The zero-order valence-electron chi connectivity index (χ0n) is 17.1. The molecule has 0 aromatic carbocycles. The number of aromatic amines is 1. The maximum absolute atomic E-state index is 12.4. The van der Waals surface area contributed by atoms with Crippen LogP contribution in [-0.2, 0) is 18.3 Å². The number of aromatic nitrogens is 2. The molecule has 0 aliphatic carbocycles. The maximum atomic E-state index is 12.4. The fraction of sp³-hybridized carbons (Fsp3) is 0.765. The van der Waals surface area contributed by atoms with Gasteiger partial charge >= 0.3 is 13.5 Å². The van der Waals surface area contributed by atoms with Crippen LogP contribution >= 0.6 is 7.82 Å². The molecule has 1 fully saturated rings. The minimum atomic E-state index is -4.38. The van der Waals surface area contributed by atoms with Crippen molar-refractivity contribution in [3.8, 4) is 0 Å². The Balaban J connectivity index is 2.30. The zero-order valence-corrected chi connectivity index (χ0v) is 18.0. The van der Waals surface area contributed by atoms with Crippen molar-refractivity contribution >= 4 is 7.82 Å². The molecule has 11 heteroatoms. The van der Waals surface area contributed by atoms with Gasteiger partial charge in [-0.05, 0) is 48.0 Å². The summed E-state index contributed by atoms with van der Waals surface area (Å²) in [6.45, 7) is 10.1. The van der Waals surface area contributed by atoms with Crippen LogP contribution in [-0.4, -0.2) is 37.8 Å². The number of rotatable bonds is 6. The second-order valence-electron chi connectivity index (χ2n) is 8.85. The summed E-state index contributed by atoms with van der Waals surface area (Å²) in [5.74, 6) is 0. The lowest BCUT2D eigenvalue weighted by molar-refractivity contribution is -0.0370. The van der Waals surface area contributed by atoms with Crippen LogP contribution in [0, 0.1) is 6.92 Å². The van der Waals surface area contributed by atoms with Crippen molar-refractivity contribution in [2.75, 3.05) is 0 Å². The van der Waals surface area contributed by atoms with Gasteiger partial charge in [0.1, 0.15) is 12.3 Å². The first-order chi connectivity index (χ1) is 12.6. The number of ether oxygens (including phenoxy) is 1. The van der Waals surface area contributed by atoms with E-state index in [1.165, 1.54) is 10.8 Å². The summed E-state index contributed by atoms with van der Waals surface area (Å²) >= 11 is 0. The second kappa shape index (κ2) is 7.85. The van der Waals surface area contributed by atoms with Crippen LogP contribution in [0.3, 0.4) is 0 Å². The SMILES string of the molecule is Cc1cn(C2CC(OP(=O)(O)OC(C)(C)C)C(CC(C)(C)N)O2)c(=O)[nH]c1=O. The average Bonchev–Trinajstić information content (AvgIpc) is 2.79. The van der Waals surface area contributed by atoms with Crippen molar-refractivity contribution < 1.29 is 23.2 Å². The van der Waals surface area contributed by atoms with E-state index in [2.05, 4.69) is 4.98 Å². The Morgan fingerprint density at radius 2 is 1.96 bits per heavy atom. The van der Waals surface area contributed by atoms with E-state index in [0.717, 1.165) is 0 Å². The molecule has 1 aliphatic heterocycles. The molecule has 2 heterocycles. The van der Waals surface area contributed by atoms with Gasteiger partial charge < -0.3 is 15.4 Å². The Labute approximate surface area is 163 Å². The third-order valence-corrected chi connectivity index (χ3v) is 5.34. The number of aryl methyl sites for hydroxylation is 1. The molecule has 4 N–H and O–H groups in total. The summed E-state index contributed by atoms with van der Waals surface area (Å²) in [5.41, 5.74) is 3.78. The third-order valence-electron chi connectivity index (χ3n) is 4.02. The number of nitrogens with zero attached hydrogens (tertiary/aromatic N) is 1. The van der Waals surface area contributed by atoms with Crippen molar-refractivity contribution in [3.05, 3.63) is 32.6 Å². The lowest BCUT2D eigenvalue weighted by atomic mass is 9.95. The standard InChI is InChI=1S/C17H30N3O7P/c1-10-9-20(15(22)19-14(10)21)13-7-11(12(25-13)8-17(5,6)18)26-28(23,24)27-16(2,3)4/h9,11-13H,7-8,18H2,1-6H3,(H,23,24)(H,19,21,22). The molecule has 0 saturated carbocycles. The number of phosphoric acid groups is 1. The second-order valence-corrected chi connectivity index (χ2v) is 10.2. The lowest BCUT2D eigenvalue weighted by Gasteiger charge is -2.29. The summed E-state index contributed by atoms with van der Waals surface area (Å²) in [4.78, 5) is 36.1. The Kier molecular flexibility index (Phi) is 6.45. The van der Waals surface area contributed by atoms with Gasteiger partial charge in [-0.2, -0.15) is 0 Å². The summed E-state index contributed by atoms with van der Waals surface area (Å²) < 4.78 is 30.1. The van der Waals surface area contributed by atoms with Crippen LogP contribution in [0.1, 0.15) is 59.3 Å². The molecule has 1 aliphatic rings. The lowest BCUT2D eigenvalue weighted by Crippen LogP contribution is -2.40. The predicted octanol–water partition coefficient (Wildman–Crippen LogP) is 1.56. The van der Waals surface area contributed by atoms with E-state index in [1.807, 2.05) is 0 Å². The topological polar surface area (TPSA) is 146 Å². The van der Waals surface area contributed by atoms with Gasteiger partial charge in [0.05, 0.1) is 11.7 Å². The van der Waals surface area contributed by atoms with Crippen LogP contribution in [0.4, 0.5) is 0 Å². The van der Waals surface area contributed by atoms with Crippen molar-refractivity contribution in [2.24, 2.45) is 5.73 Å². The molecule has 4 unspecified atom stereocenters. The van der Waals surface area contributed by atoms with E-state index in [4.69, 9.17) is 19.5 Å². The van der Waals surface area contributed by atoms with Crippen LogP contribution in [0.15, 0.2) is 15.8 Å². The quantitative estimate of drug-likeness (QED) is 0.589. The van der Waals surface area contributed by atoms with E-state index in [1.54, 1.807) is 41.5 Å². The van der Waals surface area contributed by atoms with Crippen molar-refractivity contribution in [1.29, 1.82) is 0 Å².